The van der Waals surface area contributed by atoms with E-state index in [4.69, 9.17) is 0 Å². The Bertz CT molecular complexity index is 1310. The van der Waals surface area contributed by atoms with Crippen molar-refractivity contribution in [2.45, 2.75) is 44.3 Å². The zero-order valence-corrected chi connectivity index (χ0v) is 20.1. The largest absolute Gasteiger partial charge is 0.417 e. The predicted molar refractivity (Wildman–Crippen MR) is 128 cm³/mol. The fraction of sp³-hybridized carbons (Fsp3) is 0.480. The molecule has 0 bridgehead atoms. The summed E-state index contributed by atoms with van der Waals surface area (Å²) in [5, 5.41) is 6.26. The summed E-state index contributed by atoms with van der Waals surface area (Å²) < 4.78 is 41.8. The highest BCUT2D eigenvalue weighted by atomic mass is 32.1. The second-order valence-corrected chi connectivity index (χ2v) is 10.7. The monoisotopic (exact) mass is 504 g/mol. The first-order chi connectivity index (χ1) is 16.7. The number of alkyl halides is 3. The maximum Gasteiger partial charge on any atom is 0.417 e. The summed E-state index contributed by atoms with van der Waals surface area (Å²) >= 11 is 1.20. The molecule has 10 heteroatoms. The summed E-state index contributed by atoms with van der Waals surface area (Å²) in [6.45, 7) is 1.17. The molecule has 1 aliphatic heterocycles. The molecule has 2 atom stereocenters. The van der Waals surface area contributed by atoms with Crippen LogP contribution >= 0.6 is 11.3 Å². The third-order valence-corrected chi connectivity index (χ3v) is 8.38. The van der Waals surface area contributed by atoms with Crippen LogP contribution in [0.5, 0.6) is 0 Å². The Balaban J connectivity index is 1.45. The smallest absolute Gasteiger partial charge is 0.351 e. The van der Waals surface area contributed by atoms with E-state index >= 15 is 0 Å². The van der Waals surface area contributed by atoms with Gasteiger partial charge in [0.2, 0.25) is 5.91 Å². The lowest BCUT2D eigenvalue weighted by Gasteiger charge is -2.36. The first-order valence-electron chi connectivity index (χ1n) is 11.8. The summed E-state index contributed by atoms with van der Waals surface area (Å²) in [5.41, 5.74) is 0.637. The van der Waals surface area contributed by atoms with Crippen molar-refractivity contribution in [3.05, 3.63) is 63.0 Å². The second kappa shape index (κ2) is 9.05. The third-order valence-electron chi connectivity index (χ3n) is 7.37. The molecule has 6 nitrogen and oxygen atoms in total. The minimum atomic E-state index is -4.49. The number of amides is 1. The Morgan fingerprint density at radius 1 is 1.31 bits per heavy atom. The quantitative estimate of drug-likeness (QED) is 0.506. The number of aromatic nitrogens is 2. The van der Waals surface area contributed by atoms with Gasteiger partial charge in [0.15, 0.2) is 0 Å². The van der Waals surface area contributed by atoms with Crippen LogP contribution in [0.3, 0.4) is 0 Å². The van der Waals surface area contributed by atoms with Crippen LogP contribution < -0.4 is 15.5 Å². The number of fused-ring (bicyclic) bond motifs is 1. The molecule has 1 aliphatic carbocycles. The van der Waals surface area contributed by atoms with E-state index in [0.29, 0.717) is 31.0 Å². The number of thiazole rings is 1. The molecule has 3 heterocycles. The molecule has 2 fully saturated rings. The molecule has 0 radical (unpaired) electrons. The van der Waals surface area contributed by atoms with E-state index in [9.17, 15) is 22.8 Å². The molecule has 2 aromatic heterocycles. The molecule has 1 saturated heterocycles. The topological polar surface area (TPSA) is 76.0 Å². The van der Waals surface area contributed by atoms with Crippen molar-refractivity contribution in [2.24, 2.45) is 18.4 Å². The van der Waals surface area contributed by atoms with Crippen molar-refractivity contribution >= 4 is 27.5 Å². The van der Waals surface area contributed by atoms with E-state index in [0.717, 1.165) is 47.3 Å². The Hall–Kier alpha value is -2.72. The number of hydrogen-bond donors (Lipinski definition) is 2. The van der Waals surface area contributed by atoms with Crippen LogP contribution in [0.15, 0.2) is 41.5 Å². The predicted octanol–water partition coefficient (Wildman–Crippen LogP) is 4.19. The van der Waals surface area contributed by atoms with Gasteiger partial charge in [-0.3, -0.25) is 14.6 Å². The van der Waals surface area contributed by atoms with Crippen molar-refractivity contribution in [3.63, 3.8) is 0 Å². The Morgan fingerprint density at radius 3 is 2.80 bits per heavy atom. The van der Waals surface area contributed by atoms with Gasteiger partial charge in [-0.25, -0.2) is 0 Å². The Morgan fingerprint density at radius 2 is 2.11 bits per heavy atom. The van der Waals surface area contributed by atoms with Crippen molar-refractivity contribution in [1.82, 2.24) is 20.2 Å². The van der Waals surface area contributed by atoms with Gasteiger partial charge in [-0.05, 0) is 60.5 Å². The molecule has 1 aromatic carbocycles. The molecule has 2 aliphatic rings. The lowest BCUT2D eigenvalue weighted by Crippen LogP contribution is -2.46. The molecule has 2 unspecified atom stereocenters. The van der Waals surface area contributed by atoms with Gasteiger partial charge in [0, 0.05) is 32.5 Å². The van der Waals surface area contributed by atoms with Gasteiger partial charge < -0.3 is 15.2 Å². The fourth-order valence-corrected chi connectivity index (χ4v) is 6.05. The normalized spacial score (nSPS) is 21.4. The summed E-state index contributed by atoms with van der Waals surface area (Å²) in [6, 6.07) is 7.04. The highest BCUT2D eigenvalue weighted by Crippen LogP contribution is 2.50. The average Bonchev–Trinajstić information content (AvgIpc) is 3.44. The number of carbonyl (C=O) groups excluding carboxylic acids is 1. The van der Waals surface area contributed by atoms with Crippen molar-refractivity contribution in [1.29, 1.82) is 0 Å². The number of halogens is 3. The maximum absolute atomic E-state index is 13.7. The van der Waals surface area contributed by atoms with Gasteiger partial charge in [0.1, 0.15) is 0 Å². The van der Waals surface area contributed by atoms with E-state index in [1.807, 2.05) is 18.2 Å². The zero-order valence-electron chi connectivity index (χ0n) is 19.3. The molecule has 35 heavy (non-hydrogen) atoms. The minimum Gasteiger partial charge on any atom is -0.351 e. The van der Waals surface area contributed by atoms with E-state index in [1.165, 1.54) is 17.5 Å². The van der Waals surface area contributed by atoms with Gasteiger partial charge >= 0.3 is 11.0 Å². The van der Waals surface area contributed by atoms with Crippen molar-refractivity contribution < 1.29 is 18.0 Å². The number of hydrogen-bond acceptors (Lipinski definition) is 5. The lowest BCUT2D eigenvalue weighted by atomic mass is 9.68. The summed E-state index contributed by atoms with van der Waals surface area (Å²) in [6.07, 6.45) is 1.42. The highest BCUT2D eigenvalue weighted by molar-refractivity contribution is 7.16. The van der Waals surface area contributed by atoms with Crippen LogP contribution in [0.2, 0.25) is 0 Å². The van der Waals surface area contributed by atoms with E-state index in [1.54, 1.807) is 11.6 Å². The average molecular weight is 505 g/mol. The zero-order chi connectivity index (χ0) is 24.8. The van der Waals surface area contributed by atoms with Crippen LogP contribution in [0.4, 0.5) is 13.2 Å². The lowest BCUT2D eigenvalue weighted by molar-refractivity contribution is -0.137. The summed E-state index contributed by atoms with van der Waals surface area (Å²) in [7, 11) is 1.75. The number of pyridine rings is 1. The van der Waals surface area contributed by atoms with Gasteiger partial charge in [-0.2, -0.15) is 13.2 Å². The van der Waals surface area contributed by atoms with E-state index in [2.05, 4.69) is 15.6 Å². The van der Waals surface area contributed by atoms with E-state index < -0.39 is 17.2 Å². The maximum atomic E-state index is 13.7. The second-order valence-electron chi connectivity index (χ2n) is 9.73. The number of nitrogens with one attached hydrogen (secondary N) is 2. The van der Waals surface area contributed by atoms with Crippen LogP contribution in [-0.4, -0.2) is 28.5 Å². The van der Waals surface area contributed by atoms with Crippen molar-refractivity contribution in [2.75, 3.05) is 13.1 Å². The molecular weight excluding hydrogens is 477 g/mol. The third kappa shape index (κ3) is 4.73. The van der Waals surface area contributed by atoms with Crippen molar-refractivity contribution in [3.8, 4) is 0 Å². The van der Waals surface area contributed by atoms with Gasteiger partial charge in [0.05, 0.1) is 21.2 Å². The number of carbonyl (C=O) groups is 1. The number of benzene rings is 1. The molecule has 186 valence electrons. The SMILES string of the molecule is Cn1c(=O)sc2ccc(C(CC3CC3)C3(C(=O)NCc4cncc(C(F)(F)F)c4)CCNC3)cc21. The minimum absolute atomic E-state index is 0.0221. The van der Waals surface area contributed by atoms with E-state index in [-0.39, 0.29) is 23.2 Å². The van der Waals surface area contributed by atoms with Crippen LogP contribution in [0.1, 0.15) is 48.3 Å². The Labute approximate surface area is 204 Å². The van der Waals surface area contributed by atoms with Gasteiger partial charge in [-0.1, -0.05) is 30.2 Å². The molecule has 1 saturated carbocycles. The molecule has 2 N–H and O–H groups in total. The molecular formula is C25H27F3N4O2S. The number of rotatable bonds is 7. The molecule has 3 aromatic rings. The summed E-state index contributed by atoms with van der Waals surface area (Å²) in [4.78, 5) is 29.6. The van der Waals surface area contributed by atoms with Gasteiger partial charge in [-0.15, -0.1) is 0 Å². The van der Waals surface area contributed by atoms with Crippen LogP contribution in [-0.2, 0) is 24.6 Å². The van der Waals surface area contributed by atoms with Gasteiger partial charge in [0.25, 0.3) is 0 Å². The standard InChI is InChI=1S/C25H27F3N4O2S/c1-32-20-10-17(4-5-21(20)35-23(32)34)19(9-15-2-3-15)24(6-7-29-14-24)22(33)31-12-16-8-18(13-30-11-16)25(26,27)28/h4-5,8,10-11,13,15,19,29H,2-3,6-7,9,12,14H2,1H3,(H,31,33). The molecule has 0 spiro atoms. The number of aryl methyl sites for hydroxylation is 1. The van der Waals surface area contributed by atoms with Crippen LogP contribution in [0.25, 0.3) is 10.2 Å². The number of nitrogens with zero attached hydrogens (tertiary/aromatic N) is 2. The first kappa shape index (κ1) is 24.0. The summed E-state index contributed by atoms with van der Waals surface area (Å²) in [5.74, 6) is 0.328. The fourth-order valence-electron chi connectivity index (χ4n) is 5.19. The molecule has 1 amide bonds. The van der Waals surface area contributed by atoms with Crippen LogP contribution in [0, 0.1) is 11.3 Å². The first-order valence-corrected chi connectivity index (χ1v) is 12.6. The Kier molecular flexibility index (Phi) is 6.21. The molecule has 5 rings (SSSR count). The highest BCUT2D eigenvalue weighted by Gasteiger charge is 2.49.